The molecule has 0 radical (unpaired) electrons. The molecule has 7 nitrogen and oxygen atoms in total. The zero-order valence-corrected chi connectivity index (χ0v) is 10.4. The summed E-state index contributed by atoms with van der Waals surface area (Å²) in [6, 6.07) is 7.96. The number of benzene rings is 1. The summed E-state index contributed by atoms with van der Waals surface area (Å²) < 4.78 is 0. The number of pyridine rings is 1. The van der Waals surface area contributed by atoms with Crippen LogP contribution in [0.4, 0.5) is 11.4 Å². The molecule has 0 aliphatic rings. The van der Waals surface area contributed by atoms with E-state index >= 15 is 0 Å². The molecule has 2 aromatic rings. The minimum absolute atomic E-state index is 0.102. The van der Waals surface area contributed by atoms with Gasteiger partial charge in [0.05, 0.1) is 4.92 Å². The SMILES string of the molecule is NC(C(=O)Nc1ccncc1)c1cccc([N+](=O)[O-])c1. The van der Waals surface area contributed by atoms with Gasteiger partial charge in [-0.05, 0) is 17.7 Å². The van der Waals surface area contributed by atoms with Crippen molar-refractivity contribution in [2.24, 2.45) is 5.73 Å². The Balaban J connectivity index is 2.14. The van der Waals surface area contributed by atoms with E-state index in [1.807, 2.05) is 0 Å². The van der Waals surface area contributed by atoms with Gasteiger partial charge in [-0.3, -0.25) is 19.9 Å². The molecule has 1 heterocycles. The third kappa shape index (κ3) is 3.15. The molecule has 0 bridgehead atoms. The van der Waals surface area contributed by atoms with E-state index in [2.05, 4.69) is 10.3 Å². The molecule has 2 rings (SSSR count). The van der Waals surface area contributed by atoms with E-state index in [4.69, 9.17) is 5.73 Å². The Bertz CT molecular complexity index is 631. The first-order chi connectivity index (χ1) is 9.58. The Labute approximate surface area is 114 Å². The minimum atomic E-state index is -0.983. The van der Waals surface area contributed by atoms with Crippen LogP contribution in [0.3, 0.4) is 0 Å². The van der Waals surface area contributed by atoms with Crippen molar-refractivity contribution < 1.29 is 9.72 Å². The van der Waals surface area contributed by atoms with Gasteiger partial charge in [0.2, 0.25) is 5.91 Å². The van der Waals surface area contributed by atoms with Crippen LogP contribution < -0.4 is 11.1 Å². The van der Waals surface area contributed by atoms with Crippen molar-refractivity contribution in [2.45, 2.75) is 6.04 Å². The number of nitrogens with one attached hydrogen (secondary N) is 1. The topological polar surface area (TPSA) is 111 Å². The van der Waals surface area contributed by atoms with E-state index < -0.39 is 16.9 Å². The fourth-order valence-corrected chi connectivity index (χ4v) is 1.64. The Kier molecular flexibility index (Phi) is 4.02. The maximum absolute atomic E-state index is 12.0. The summed E-state index contributed by atoms with van der Waals surface area (Å²) in [5.41, 5.74) is 6.64. The number of amides is 1. The molecule has 0 saturated carbocycles. The number of aromatic nitrogens is 1. The fraction of sp³-hybridized carbons (Fsp3) is 0.0769. The molecule has 0 spiro atoms. The number of rotatable bonds is 4. The fourth-order valence-electron chi connectivity index (χ4n) is 1.64. The van der Waals surface area contributed by atoms with E-state index in [0.29, 0.717) is 11.3 Å². The van der Waals surface area contributed by atoms with Crippen molar-refractivity contribution in [1.29, 1.82) is 0 Å². The summed E-state index contributed by atoms with van der Waals surface area (Å²) >= 11 is 0. The third-order valence-corrected chi connectivity index (χ3v) is 2.67. The van der Waals surface area contributed by atoms with E-state index in [9.17, 15) is 14.9 Å². The number of anilines is 1. The third-order valence-electron chi connectivity index (χ3n) is 2.67. The van der Waals surface area contributed by atoms with Crippen molar-refractivity contribution in [3.05, 3.63) is 64.5 Å². The van der Waals surface area contributed by atoms with E-state index in [0.717, 1.165) is 0 Å². The van der Waals surface area contributed by atoms with Gasteiger partial charge in [0.1, 0.15) is 6.04 Å². The highest BCUT2D eigenvalue weighted by Crippen LogP contribution is 2.19. The van der Waals surface area contributed by atoms with Crippen LogP contribution in [0.15, 0.2) is 48.8 Å². The molecule has 1 unspecified atom stereocenters. The van der Waals surface area contributed by atoms with E-state index in [1.165, 1.54) is 30.6 Å². The Morgan fingerprint density at radius 1 is 1.30 bits per heavy atom. The van der Waals surface area contributed by atoms with Gasteiger partial charge in [-0.25, -0.2) is 0 Å². The number of carbonyl (C=O) groups excluding carboxylic acids is 1. The summed E-state index contributed by atoms with van der Waals surface area (Å²) in [7, 11) is 0. The van der Waals surface area contributed by atoms with Crippen molar-refractivity contribution in [3.63, 3.8) is 0 Å². The van der Waals surface area contributed by atoms with Gasteiger partial charge < -0.3 is 11.1 Å². The van der Waals surface area contributed by atoms with Gasteiger partial charge in [0, 0.05) is 30.2 Å². The lowest BCUT2D eigenvalue weighted by Gasteiger charge is -2.12. The van der Waals surface area contributed by atoms with Crippen molar-refractivity contribution in [2.75, 3.05) is 5.32 Å². The molecule has 0 fully saturated rings. The summed E-state index contributed by atoms with van der Waals surface area (Å²) in [5.74, 6) is -0.448. The van der Waals surface area contributed by atoms with Crippen molar-refractivity contribution in [1.82, 2.24) is 4.98 Å². The van der Waals surface area contributed by atoms with Gasteiger partial charge >= 0.3 is 0 Å². The zero-order chi connectivity index (χ0) is 14.5. The van der Waals surface area contributed by atoms with Crippen molar-refractivity contribution in [3.8, 4) is 0 Å². The lowest BCUT2D eigenvalue weighted by molar-refractivity contribution is -0.384. The molecule has 102 valence electrons. The van der Waals surface area contributed by atoms with Crippen LogP contribution in [-0.2, 0) is 4.79 Å². The Morgan fingerprint density at radius 2 is 2.00 bits per heavy atom. The van der Waals surface area contributed by atoms with E-state index in [1.54, 1.807) is 18.2 Å². The first kappa shape index (κ1) is 13.6. The Hall–Kier alpha value is -2.80. The van der Waals surface area contributed by atoms with Crippen LogP contribution >= 0.6 is 0 Å². The molecule has 20 heavy (non-hydrogen) atoms. The van der Waals surface area contributed by atoms with Crippen LogP contribution in [0.5, 0.6) is 0 Å². The highest BCUT2D eigenvalue weighted by molar-refractivity contribution is 5.95. The number of nitro groups is 1. The van der Waals surface area contributed by atoms with Crippen LogP contribution in [-0.4, -0.2) is 15.8 Å². The molecule has 0 aliphatic heterocycles. The zero-order valence-electron chi connectivity index (χ0n) is 10.4. The number of non-ortho nitro benzene ring substituents is 1. The van der Waals surface area contributed by atoms with Crippen molar-refractivity contribution >= 4 is 17.3 Å². The van der Waals surface area contributed by atoms with Gasteiger partial charge in [0.25, 0.3) is 5.69 Å². The Morgan fingerprint density at radius 3 is 2.65 bits per heavy atom. The monoisotopic (exact) mass is 272 g/mol. The van der Waals surface area contributed by atoms with Crippen LogP contribution in [0.25, 0.3) is 0 Å². The van der Waals surface area contributed by atoms with Gasteiger partial charge in [-0.15, -0.1) is 0 Å². The normalized spacial score (nSPS) is 11.7. The smallest absolute Gasteiger partial charge is 0.269 e. The number of hydrogen-bond donors (Lipinski definition) is 2. The molecular formula is C13H12N4O3. The quantitative estimate of drug-likeness (QED) is 0.649. The average Bonchev–Trinajstić information content (AvgIpc) is 2.47. The summed E-state index contributed by atoms with van der Waals surface area (Å²) in [4.78, 5) is 26.0. The summed E-state index contributed by atoms with van der Waals surface area (Å²) in [6.45, 7) is 0. The highest BCUT2D eigenvalue weighted by atomic mass is 16.6. The number of nitro benzene ring substituents is 1. The largest absolute Gasteiger partial charge is 0.324 e. The second-order valence-corrected chi connectivity index (χ2v) is 4.05. The molecule has 1 atom stereocenters. The summed E-state index contributed by atoms with van der Waals surface area (Å²) in [6.07, 6.45) is 3.07. The molecule has 1 amide bonds. The molecule has 1 aromatic carbocycles. The first-order valence-corrected chi connectivity index (χ1v) is 5.79. The average molecular weight is 272 g/mol. The van der Waals surface area contributed by atoms with Gasteiger partial charge in [-0.1, -0.05) is 12.1 Å². The van der Waals surface area contributed by atoms with E-state index in [-0.39, 0.29) is 5.69 Å². The van der Waals surface area contributed by atoms with Gasteiger partial charge in [-0.2, -0.15) is 0 Å². The second-order valence-electron chi connectivity index (χ2n) is 4.05. The van der Waals surface area contributed by atoms with Crippen LogP contribution in [0.2, 0.25) is 0 Å². The maximum atomic E-state index is 12.0. The number of hydrogen-bond acceptors (Lipinski definition) is 5. The maximum Gasteiger partial charge on any atom is 0.269 e. The second kappa shape index (κ2) is 5.89. The molecule has 1 aromatic heterocycles. The number of carbonyl (C=O) groups is 1. The number of nitrogens with zero attached hydrogens (tertiary/aromatic N) is 2. The molecule has 3 N–H and O–H groups in total. The highest BCUT2D eigenvalue weighted by Gasteiger charge is 2.18. The van der Waals surface area contributed by atoms with Gasteiger partial charge in [0.15, 0.2) is 0 Å². The molecular weight excluding hydrogens is 260 g/mol. The lowest BCUT2D eigenvalue weighted by atomic mass is 10.1. The number of nitrogens with two attached hydrogens (primary N) is 1. The molecule has 0 saturated heterocycles. The first-order valence-electron chi connectivity index (χ1n) is 5.79. The minimum Gasteiger partial charge on any atom is -0.324 e. The predicted octanol–water partition coefficient (Wildman–Crippen LogP) is 1.63. The molecule has 7 heteroatoms. The molecule has 0 aliphatic carbocycles. The van der Waals surface area contributed by atoms with Crippen LogP contribution in [0.1, 0.15) is 11.6 Å². The lowest BCUT2D eigenvalue weighted by Crippen LogP contribution is -2.27. The standard InChI is InChI=1S/C13H12N4O3/c14-12(9-2-1-3-11(8-9)17(19)20)13(18)16-10-4-6-15-7-5-10/h1-8,12H,14H2,(H,15,16,18). The van der Waals surface area contributed by atoms with Crippen LogP contribution in [0, 0.1) is 10.1 Å². The predicted molar refractivity (Wildman–Crippen MR) is 72.9 cm³/mol. The summed E-state index contributed by atoms with van der Waals surface area (Å²) in [5, 5.41) is 13.3.